The Bertz CT molecular complexity index is 610. The van der Waals surface area contributed by atoms with Crippen molar-refractivity contribution >= 4 is 15.6 Å². The molecule has 0 aliphatic heterocycles. The lowest BCUT2D eigenvalue weighted by atomic mass is 9.91. The zero-order valence-electron chi connectivity index (χ0n) is 12.2. The van der Waals surface area contributed by atoms with Gasteiger partial charge in [-0.2, -0.15) is 0 Å². The van der Waals surface area contributed by atoms with Gasteiger partial charge >= 0.3 is 0 Å². The van der Waals surface area contributed by atoms with Gasteiger partial charge < -0.3 is 0 Å². The molecule has 2 unspecified atom stereocenters. The minimum absolute atomic E-state index is 0.159. The number of hydrogen-bond donors (Lipinski definition) is 0. The fraction of sp³-hybridized carbons (Fsp3) is 0.562. The van der Waals surface area contributed by atoms with Gasteiger partial charge in [-0.25, -0.2) is 12.8 Å². The molecule has 0 radical (unpaired) electrons. The summed E-state index contributed by atoms with van der Waals surface area (Å²) in [4.78, 5) is 12.0. The van der Waals surface area contributed by atoms with Crippen LogP contribution in [-0.2, 0) is 21.1 Å². The van der Waals surface area contributed by atoms with Crippen molar-refractivity contribution in [2.75, 3.05) is 5.75 Å². The zero-order chi connectivity index (χ0) is 15.5. The van der Waals surface area contributed by atoms with Crippen LogP contribution in [0.25, 0.3) is 0 Å². The van der Waals surface area contributed by atoms with E-state index in [2.05, 4.69) is 0 Å². The van der Waals surface area contributed by atoms with E-state index in [1.165, 1.54) is 12.1 Å². The highest BCUT2D eigenvalue weighted by atomic mass is 32.2. The van der Waals surface area contributed by atoms with Crippen molar-refractivity contribution in [3.63, 3.8) is 0 Å². The third-order valence-corrected chi connectivity index (χ3v) is 6.27. The number of Topliss-reactive ketones (excluding diaryl/α,β-unsaturated/α-hetero) is 1. The summed E-state index contributed by atoms with van der Waals surface area (Å²) in [5.74, 6) is -0.980. The number of halogens is 1. The first-order valence-electron chi connectivity index (χ1n) is 7.35. The average Bonchev–Trinajstić information content (AvgIpc) is 2.41. The molecule has 0 spiro atoms. The summed E-state index contributed by atoms with van der Waals surface area (Å²) in [5, 5.41) is -0.411. The third-order valence-electron chi connectivity index (χ3n) is 4.10. The molecule has 0 amide bonds. The third kappa shape index (κ3) is 4.37. The van der Waals surface area contributed by atoms with E-state index in [1.807, 2.05) is 6.92 Å². The van der Waals surface area contributed by atoms with Crippen molar-refractivity contribution in [1.82, 2.24) is 0 Å². The maximum Gasteiger partial charge on any atom is 0.160 e. The molecular weight excluding hydrogens is 291 g/mol. The fourth-order valence-electron chi connectivity index (χ4n) is 2.95. The summed E-state index contributed by atoms with van der Waals surface area (Å²) in [5.41, 5.74) is 0.259. The topological polar surface area (TPSA) is 51.2 Å². The number of ketones is 1. The van der Waals surface area contributed by atoms with E-state index in [0.717, 1.165) is 12.8 Å². The molecule has 3 nitrogen and oxygen atoms in total. The Kier molecular flexibility index (Phi) is 5.14. The van der Waals surface area contributed by atoms with Crippen molar-refractivity contribution in [3.05, 3.63) is 35.6 Å². The van der Waals surface area contributed by atoms with Gasteiger partial charge in [0.05, 0.1) is 5.25 Å². The minimum atomic E-state index is -3.42. The molecule has 5 heteroatoms. The van der Waals surface area contributed by atoms with Crippen LogP contribution in [0.5, 0.6) is 0 Å². The number of benzene rings is 1. The number of hydrogen-bond acceptors (Lipinski definition) is 3. The van der Waals surface area contributed by atoms with E-state index in [-0.39, 0.29) is 12.0 Å². The van der Waals surface area contributed by atoms with Crippen LogP contribution in [0.3, 0.4) is 0 Å². The lowest BCUT2D eigenvalue weighted by Gasteiger charge is -2.26. The van der Waals surface area contributed by atoms with Crippen LogP contribution >= 0.6 is 0 Å². The molecule has 1 saturated carbocycles. The Hall–Kier alpha value is -1.23. The number of carbonyl (C=O) groups excluding carboxylic acids is 1. The summed E-state index contributed by atoms with van der Waals surface area (Å²) in [6.45, 7) is 2.04. The van der Waals surface area contributed by atoms with E-state index in [0.29, 0.717) is 18.8 Å². The molecule has 1 aromatic rings. The van der Waals surface area contributed by atoms with Gasteiger partial charge in [0.1, 0.15) is 11.6 Å². The SMILES string of the molecule is CC1CCCC(S(=O)(=O)CC(=O)Cc2ccccc2F)C1. The van der Waals surface area contributed by atoms with Gasteiger partial charge in [0.2, 0.25) is 0 Å². The Morgan fingerprint density at radius 1 is 1.29 bits per heavy atom. The first-order valence-corrected chi connectivity index (χ1v) is 9.06. The van der Waals surface area contributed by atoms with Crippen molar-refractivity contribution in [1.29, 1.82) is 0 Å². The van der Waals surface area contributed by atoms with Gasteiger partial charge in [0, 0.05) is 6.42 Å². The standard InChI is InChI=1S/C16H21FO3S/c1-12-5-4-7-15(9-12)21(19,20)11-14(18)10-13-6-2-3-8-16(13)17/h2-3,6,8,12,15H,4-5,7,9-11H2,1H3. The highest BCUT2D eigenvalue weighted by Gasteiger charge is 2.31. The Morgan fingerprint density at radius 2 is 2.00 bits per heavy atom. The first kappa shape index (κ1) is 16.1. The van der Waals surface area contributed by atoms with Gasteiger partial charge in [-0.15, -0.1) is 0 Å². The van der Waals surface area contributed by atoms with Crippen LogP contribution in [0.2, 0.25) is 0 Å². The number of sulfone groups is 1. The van der Waals surface area contributed by atoms with Crippen molar-refractivity contribution in [2.45, 2.75) is 44.3 Å². The van der Waals surface area contributed by atoms with Gasteiger partial charge in [-0.3, -0.25) is 4.79 Å². The van der Waals surface area contributed by atoms with Gasteiger partial charge in [-0.05, 0) is 30.4 Å². The van der Waals surface area contributed by atoms with E-state index in [4.69, 9.17) is 0 Å². The molecule has 21 heavy (non-hydrogen) atoms. The normalized spacial score (nSPS) is 23.0. The minimum Gasteiger partial charge on any atom is -0.298 e. The second-order valence-electron chi connectivity index (χ2n) is 6.01. The molecule has 1 aliphatic rings. The average molecular weight is 312 g/mol. The summed E-state index contributed by atoms with van der Waals surface area (Å²) >= 11 is 0. The van der Waals surface area contributed by atoms with Crippen LogP contribution < -0.4 is 0 Å². The molecule has 2 atom stereocenters. The van der Waals surface area contributed by atoms with E-state index < -0.39 is 32.4 Å². The molecule has 1 aromatic carbocycles. The molecular formula is C16H21FO3S. The largest absolute Gasteiger partial charge is 0.298 e. The van der Waals surface area contributed by atoms with Crippen molar-refractivity contribution in [2.24, 2.45) is 5.92 Å². The molecule has 1 aliphatic carbocycles. The second-order valence-corrected chi connectivity index (χ2v) is 8.29. The molecule has 2 rings (SSSR count). The molecule has 0 bridgehead atoms. The van der Waals surface area contributed by atoms with Gasteiger partial charge in [-0.1, -0.05) is 38.0 Å². The predicted octanol–water partition coefficient (Wildman–Crippen LogP) is 2.93. The monoisotopic (exact) mass is 312 g/mol. The summed E-state index contributed by atoms with van der Waals surface area (Å²) in [7, 11) is -3.42. The first-order chi connectivity index (χ1) is 9.88. The second kappa shape index (κ2) is 6.69. The number of carbonyl (C=O) groups is 1. The maximum atomic E-state index is 13.5. The lowest BCUT2D eigenvalue weighted by Crippen LogP contribution is -2.32. The van der Waals surface area contributed by atoms with E-state index in [1.54, 1.807) is 12.1 Å². The predicted molar refractivity (Wildman–Crippen MR) is 80.3 cm³/mol. The molecule has 0 aromatic heterocycles. The highest BCUT2D eigenvalue weighted by molar-refractivity contribution is 7.92. The van der Waals surface area contributed by atoms with Crippen LogP contribution in [0.4, 0.5) is 4.39 Å². The van der Waals surface area contributed by atoms with E-state index in [9.17, 15) is 17.6 Å². The van der Waals surface area contributed by atoms with Crippen LogP contribution in [0.1, 0.15) is 38.2 Å². The highest BCUT2D eigenvalue weighted by Crippen LogP contribution is 2.28. The maximum absolute atomic E-state index is 13.5. The summed E-state index contributed by atoms with van der Waals surface area (Å²) < 4.78 is 38.1. The number of rotatable bonds is 5. The lowest BCUT2D eigenvalue weighted by molar-refractivity contribution is -0.116. The Morgan fingerprint density at radius 3 is 2.67 bits per heavy atom. The summed E-state index contributed by atoms with van der Waals surface area (Å²) in [6.07, 6.45) is 3.06. The van der Waals surface area contributed by atoms with Crippen LogP contribution in [0, 0.1) is 11.7 Å². The van der Waals surface area contributed by atoms with Crippen molar-refractivity contribution in [3.8, 4) is 0 Å². The fourth-order valence-corrected chi connectivity index (χ4v) is 4.89. The summed E-state index contributed by atoms with van der Waals surface area (Å²) in [6, 6.07) is 5.98. The Balaban J connectivity index is 2.00. The molecule has 0 heterocycles. The molecule has 0 N–H and O–H groups in total. The molecule has 1 fully saturated rings. The van der Waals surface area contributed by atoms with Crippen LogP contribution in [-0.4, -0.2) is 25.2 Å². The molecule has 116 valence electrons. The van der Waals surface area contributed by atoms with Crippen molar-refractivity contribution < 1.29 is 17.6 Å². The van der Waals surface area contributed by atoms with Gasteiger partial charge in [0.15, 0.2) is 15.6 Å². The Labute approximate surface area is 125 Å². The van der Waals surface area contributed by atoms with E-state index >= 15 is 0 Å². The van der Waals surface area contributed by atoms with Crippen LogP contribution in [0.15, 0.2) is 24.3 Å². The zero-order valence-corrected chi connectivity index (χ0v) is 13.0. The smallest absolute Gasteiger partial charge is 0.160 e. The molecule has 0 saturated heterocycles. The van der Waals surface area contributed by atoms with Gasteiger partial charge in [0.25, 0.3) is 0 Å². The quantitative estimate of drug-likeness (QED) is 0.840.